The van der Waals surface area contributed by atoms with E-state index in [4.69, 9.17) is 8.83 Å². The number of para-hydroxylation sites is 6. The van der Waals surface area contributed by atoms with Crippen molar-refractivity contribution in [1.29, 1.82) is 5.26 Å². The Kier molecular flexibility index (Phi) is 9.83. The molecule has 6 heteroatoms. The molecule has 0 radical (unpaired) electrons. The van der Waals surface area contributed by atoms with Crippen LogP contribution in [-0.4, -0.2) is 4.57 Å². The molecule has 10 aromatic carbocycles. The smallest absolute Gasteiger partial charge is 0.159 e. The van der Waals surface area contributed by atoms with E-state index in [-0.39, 0.29) is 0 Å². The van der Waals surface area contributed by atoms with Crippen LogP contribution in [0.15, 0.2) is 215 Å². The Labute approximate surface area is 411 Å². The monoisotopic (exact) mass is 916 g/mol. The number of fused-ring (bicyclic) bond motifs is 10. The van der Waals surface area contributed by atoms with Crippen molar-refractivity contribution < 1.29 is 8.83 Å². The Morgan fingerprint density at radius 2 is 0.887 bits per heavy atom. The number of hydrogen-bond acceptors (Lipinski definition) is 5. The number of rotatable bonds is 9. The van der Waals surface area contributed by atoms with Crippen LogP contribution in [0.4, 0.5) is 34.1 Å². The minimum atomic E-state index is 0.307. The minimum Gasteiger partial charge on any atom is -0.454 e. The summed E-state index contributed by atoms with van der Waals surface area (Å²) in [6.45, 7) is 8.87. The minimum absolute atomic E-state index is 0.307. The van der Waals surface area contributed by atoms with Gasteiger partial charge < -0.3 is 23.2 Å². The van der Waals surface area contributed by atoms with Crippen LogP contribution < -0.4 is 9.80 Å². The van der Waals surface area contributed by atoms with E-state index in [9.17, 15) is 5.26 Å². The molecule has 6 nitrogen and oxygen atoms in total. The fourth-order valence-corrected chi connectivity index (χ4v) is 10.9. The van der Waals surface area contributed by atoms with Gasteiger partial charge in [0, 0.05) is 60.8 Å². The van der Waals surface area contributed by atoms with Crippen molar-refractivity contribution >= 4 is 111 Å². The first-order valence-corrected chi connectivity index (χ1v) is 24.4. The van der Waals surface area contributed by atoms with E-state index in [2.05, 4.69) is 242 Å². The standard InChI is InChI=1S/C65H48N4O2/c1-40(2)50-19-11-21-53-55-23-13-25-58(64(55)70-62(50)53)67(45-15-7-5-8-16-45)48-32-29-43-36-57-52-34-33-49(38-61(52)69(60(57)37-44(43)35-48)47-30-27-42(39-66)28-31-47)68(46-17-9-6-10-18-46)59-26-14-24-56-54-22-12-20-51(41(3)4)63(54)71-65(56)59/h5-38,40-41H,1-4H3. The normalized spacial score (nSPS) is 11.9. The van der Waals surface area contributed by atoms with Gasteiger partial charge in [0.1, 0.15) is 11.2 Å². The van der Waals surface area contributed by atoms with Crippen molar-refractivity contribution in [3.05, 3.63) is 223 Å². The molecule has 0 unspecified atom stereocenters. The topological polar surface area (TPSA) is 61.5 Å². The van der Waals surface area contributed by atoms with Gasteiger partial charge in [0.2, 0.25) is 0 Å². The summed E-state index contributed by atoms with van der Waals surface area (Å²) >= 11 is 0. The second kappa shape index (κ2) is 16.6. The zero-order valence-electron chi connectivity index (χ0n) is 39.9. The Morgan fingerprint density at radius 1 is 0.394 bits per heavy atom. The van der Waals surface area contributed by atoms with E-state index < -0.39 is 0 Å². The number of furan rings is 2. The number of benzene rings is 10. The molecule has 0 spiro atoms. The second-order valence-electron chi connectivity index (χ2n) is 19.2. The van der Waals surface area contributed by atoms with Crippen molar-refractivity contribution in [2.45, 2.75) is 39.5 Å². The van der Waals surface area contributed by atoms with Crippen molar-refractivity contribution in [2.24, 2.45) is 0 Å². The van der Waals surface area contributed by atoms with E-state index in [1.807, 2.05) is 12.1 Å². The van der Waals surface area contributed by atoms with E-state index in [0.29, 0.717) is 17.4 Å². The van der Waals surface area contributed by atoms with Gasteiger partial charge in [0.05, 0.1) is 34.0 Å². The van der Waals surface area contributed by atoms with Gasteiger partial charge in [-0.2, -0.15) is 5.26 Å². The molecule has 0 aliphatic carbocycles. The van der Waals surface area contributed by atoms with Gasteiger partial charge in [-0.25, -0.2) is 0 Å². The summed E-state index contributed by atoms with van der Waals surface area (Å²) < 4.78 is 16.2. The first kappa shape index (κ1) is 42.1. The average Bonchev–Trinajstić information content (AvgIpc) is 4.09. The molecule has 0 aliphatic heterocycles. The molecule has 13 rings (SSSR count). The summed E-state index contributed by atoms with van der Waals surface area (Å²) in [7, 11) is 0. The van der Waals surface area contributed by atoms with E-state index in [1.54, 1.807) is 0 Å². The zero-order valence-corrected chi connectivity index (χ0v) is 39.9. The maximum atomic E-state index is 9.88. The van der Waals surface area contributed by atoms with Crippen LogP contribution in [0.2, 0.25) is 0 Å². The zero-order chi connectivity index (χ0) is 47.9. The van der Waals surface area contributed by atoms with Crippen LogP contribution in [0, 0.1) is 11.3 Å². The quantitative estimate of drug-likeness (QED) is 0.144. The Bertz CT molecular complexity index is 4250. The first-order valence-electron chi connectivity index (χ1n) is 24.4. The molecule has 340 valence electrons. The van der Waals surface area contributed by atoms with Gasteiger partial charge in [0.15, 0.2) is 11.2 Å². The molecule has 0 saturated carbocycles. The fourth-order valence-electron chi connectivity index (χ4n) is 10.9. The number of nitriles is 1. The lowest BCUT2D eigenvalue weighted by Crippen LogP contribution is -2.10. The van der Waals surface area contributed by atoms with Gasteiger partial charge >= 0.3 is 0 Å². The maximum Gasteiger partial charge on any atom is 0.159 e. The lowest BCUT2D eigenvalue weighted by atomic mass is 10.00. The van der Waals surface area contributed by atoms with Crippen molar-refractivity contribution in [1.82, 2.24) is 4.57 Å². The molecular formula is C65H48N4O2. The number of anilines is 6. The predicted octanol–water partition coefficient (Wildman–Crippen LogP) is 18.8. The molecule has 0 amide bonds. The second-order valence-corrected chi connectivity index (χ2v) is 19.2. The molecule has 0 saturated heterocycles. The van der Waals surface area contributed by atoms with E-state index in [0.717, 1.165) is 116 Å². The molecule has 71 heavy (non-hydrogen) atoms. The Morgan fingerprint density at radius 3 is 1.42 bits per heavy atom. The molecular weight excluding hydrogens is 869 g/mol. The summed E-state index contributed by atoms with van der Waals surface area (Å²) in [5.74, 6) is 0.622. The molecule has 3 heterocycles. The summed E-state index contributed by atoms with van der Waals surface area (Å²) in [5.41, 5.74) is 15.6. The number of aromatic nitrogens is 1. The van der Waals surface area contributed by atoms with Gasteiger partial charge in [-0.05, 0) is 131 Å². The summed E-state index contributed by atoms with van der Waals surface area (Å²) in [5, 5.41) is 18.8. The van der Waals surface area contributed by atoms with Crippen LogP contribution >= 0.6 is 0 Å². The van der Waals surface area contributed by atoms with Crippen LogP contribution in [-0.2, 0) is 0 Å². The fraction of sp³-hybridized carbons (Fsp3) is 0.0923. The number of hydrogen-bond donors (Lipinski definition) is 0. The predicted molar refractivity (Wildman–Crippen MR) is 295 cm³/mol. The van der Waals surface area contributed by atoms with Crippen molar-refractivity contribution in [2.75, 3.05) is 9.80 Å². The highest BCUT2D eigenvalue weighted by Crippen LogP contribution is 2.47. The van der Waals surface area contributed by atoms with Crippen LogP contribution in [0.5, 0.6) is 0 Å². The summed E-state index contributed by atoms with van der Waals surface area (Å²) in [4.78, 5) is 4.63. The van der Waals surface area contributed by atoms with Crippen LogP contribution in [0.3, 0.4) is 0 Å². The summed E-state index contributed by atoms with van der Waals surface area (Å²) in [6, 6.07) is 75.4. The highest BCUT2D eigenvalue weighted by atomic mass is 16.3. The molecule has 0 bridgehead atoms. The Balaban J connectivity index is 1.03. The molecule has 0 N–H and O–H groups in total. The molecule has 13 aromatic rings. The molecule has 3 aromatic heterocycles. The average molecular weight is 917 g/mol. The lowest BCUT2D eigenvalue weighted by Gasteiger charge is -2.26. The van der Waals surface area contributed by atoms with Crippen LogP contribution in [0.25, 0.3) is 82.1 Å². The third kappa shape index (κ3) is 6.76. The van der Waals surface area contributed by atoms with E-state index >= 15 is 0 Å². The van der Waals surface area contributed by atoms with Crippen molar-refractivity contribution in [3.8, 4) is 11.8 Å². The molecule has 0 atom stereocenters. The largest absolute Gasteiger partial charge is 0.454 e. The lowest BCUT2D eigenvalue weighted by molar-refractivity contribution is 0.657. The summed E-state index contributed by atoms with van der Waals surface area (Å²) in [6.07, 6.45) is 0. The number of nitrogens with zero attached hydrogens (tertiary/aromatic N) is 4. The highest BCUT2D eigenvalue weighted by molar-refractivity contribution is 6.16. The molecule has 0 aliphatic rings. The Hall–Kier alpha value is -9.05. The SMILES string of the molecule is CC(C)c1cccc2c1oc1c(N(c3ccccc3)c3ccc4cc5c6ccc(N(c7ccccc7)c7cccc8c7oc7c(C(C)C)cccc78)cc6n(-c6ccc(C#N)cc6)c5cc4c3)cccc12. The van der Waals surface area contributed by atoms with Gasteiger partial charge in [-0.1, -0.05) is 137 Å². The van der Waals surface area contributed by atoms with Crippen molar-refractivity contribution in [3.63, 3.8) is 0 Å². The van der Waals surface area contributed by atoms with Gasteiger partial charge in [-0.3, -0.25) is 0 Å². The third-order valence-corrected chi connectivity index (χ3v) is 14.3. The van der Waals surface area contributed by atoms with Crippen LogP contribution in [0.1, 0.15) is 56.2 Å². The van der Waals surface area contributed by atoms with E-state index in [1.165, 1.54) is 11.1 Å². The highest BCUT2D eigenvalue weighted by Gasteiger charge is 2.25. The van der Waals surface area contributed by atoms with Gasteiger partial charge in [-0.15, -0.1) is 0 Å². The maximum absolute atomic E-state index is 9.88. The first-order chi connectivity index (χ1) is 34.8. The third-order valence-electron chi connectivity index (χ3n) is 14.3. The molecule has 0 fully saturated rings. The van der Waals surface area contributed by atoms with Gasteiger partial charge in [0.25, 0.3) is 0 Å².